The number of hydrogen-bond acceptors (Lipinski definition) is 4. The van der Waals surface area contributed by atoms with E-state index in [9.17, 15) is 24.1 Å². The standard InChI is InChI=1S/C19H20FN3O4/c1-3-22(12-14-6-4-8-16(20)10-14)19(25)13(2)21-18(24)15-7-5-9-17(11-15)23(26)27/h4-11,13H,3,12H2,1-2H3,(H,21,24)/t13-/m1/s1. The van der Waals surface area contributed by atoms with Crippen LogP contribution < -0.4 is 5.32 Å². The van der Waals surface area contributed by atoms with Crippen molar-refractivity contribution in [1.29, 1.82) is 0 Å². The average Bonchev–Trinajstić information content (AvgIpc) is 2.65. The summed E-state index contributed by atoms with van der Waals surface area (Å²) >= 11 is 0. The molecule has 8 heteroatoms. The number of amides is 2. The molecule has 0 heterocycles. The van der Waals surface area contributed by atoms with Crippen molar-refractivity contribution in [2.75, 3.05) is 6.54 Å². The van der Waals surface area contributed by atoms with Crippen LogP contribution in [0.2, 0.25) is 0 Å². The fraction of sp³-hybridized carbons (Fsp3) is 0.263. The van der Waals surface area contributed by atoms with Crippen LogP contribution in [0.1, 0.15) is 29.8 Å². The SMILES string of the molecule is CCN(Cc1cccc(F)c1)C(=O)[C@@H](C)NC(=O)c1cccc([N+](=O)[O-])c1. The normalized spacial score (nSPS) is 11.5. The van der Waals surface area contributed by atoms with Gasteiger partial charge in [-0.2, -0.15) is 0 Å². The van der Waals surface area contributed by atoms with Gasteiger partial charge in [0.15, 0.2) is 0 Å². The minimum atomic E-state index is -0.842. The molecule has 2 amide bonds. The predicted octanol–water partition coefficient (Wildman–Crippen LogP) is 2.90. The molecule has 142 valence electrons. The van der Waals surface area contributed by atoms with Crippen molar-refractivity contribution in [3.63, 3.8) is 0 Å². The highest BCUT2D eigenvalue weighted by molar-refractivity contribution is 5.97. The zero-order valence-corrected chi connectivity index (χ0v) is 15.0. The maximum absolute atomic E-state index is 13.3. The highest BCUT2D eigenvalue weighted by Gasteiger charge is 2.22. The van der Waals surface area contributed by atoms with Gasteiger partial charge in [-0.25, -0.2) is 4.39 Å². The number of nitro groups is 1. The molecule has 0 aliphatic heterocycles. The molecular formula is C19H20FN3O4. The lowest BCUT2D eigenvalue weighted by Gasteiger charge is -2.25. The van der Waals surface area contributed by atoms with Crippen molar-refractivity contribution in [2.24, 2.45) is 0 Å². The summed E-state index contributed by atoms with van der Waals surface area (Å²) in [6.45, 7) is 3.91. The minimum Gasteiger partial charge on any atom is -0.341 e. The molecule has 0 saturated carbocycles. The molecule has 0 aromatic heterocycles. The first-order valence-corrected chi connectivity index (χ1v) is 8.40. The molecule has 0 radical (unpaired) electrons. The van der Waals surface area contributed by atoms with Crippen LogP contribution in [0, 0.1) is 15.9 Å². The number of halogens is 1. The quantitative estimate of drug-likeness (QED) is 0.597. The van der Waals surface area contributed by atoms with Crippen LogP contribution in [0.4, 0.5) is 10.1 Å². The third kappa shape index (κ3) is 5.34. The monoisotopic (exact) mass is 373 g/mol. The first-order chi connectivity index (χ1) is 12.8. The van der Waals surface area contributed by atoms with E-state index in [4.69, 9.17) is 0 Å². The van der Waals surface area contributed by atoms with Crippen molar-refractivity contribution >= 4 is 17.5 Å². The van der Waals surface area contributed by atoms with E-state index in [2.05, 4.69) is 5.32 Å². The number of carbonyl (C=O) groups excluding carboxylic acids is 2. The molecule has 0 aliphatic carbocycles. The van der Waals surface area contributed by atoms with Crippen LogP contribution >= 0.6 is 0 Å². The van der Waals surface area contributed by atoms with Gasteiger partial charge in [-0.15, -0.1) is 0 Å². The zero-order chi connectivity index (χ0) is 20.0. The number of nitro benzene ring substituents is 1. The third-order valence-electron chi connectivity index (χ3n) is 3.99. The van der Waals surface area contributed by atoms with E-state index >= 15 is 0 Å². The molecule has 27 heavy (non-hydrogen) atoms. The smallest absolute Gasteiger partial charge is 0.270 e. The molecule has 0 bridgehead atoms. The van der Waals surface area contributed by atoms with E-state index in [0.29, 0.717) is 12.1 Å². The first-order valence-electron chi connectivity index (χ1n) is 8.40. The lowest BCUT2D eigenvalue weighted by molar-refractivity contribution is -0.384. The maximum atomic E-state index is 13.3. The number of nitrogens with one attached hydrogen (secondary N) is 1. The van der Waals surface area contributed by atoms with Crippen LogP contribution in [-0.2, 0) is 11.3 Å². The number of hydrogen-bond donors (Lipinski definition) is 1. The van der Waals surface area contributed by atoms with Crippen molar-refractivity contribution in [3.05, 3.63) is 75.6 Å². The van der Waals surface area contributed by atoms with Gasteiger partial charge in [-0.1, -0.05) is 18.2 Å². The summed E-state index contributed by atoms with van der Waals surface area (Å²) < 4.78 is 13.3. The Morgan fingerprint density at radius 3 is 2.56 bits per heavy atom. The summed E-state index contributed by atoms with van der Waals surface area (Å²) in [5, 5.41) is 13.4. The number of rotatable bonds is 7. The van der Waals surface area contributed by atoms with E-state index in [1.165, 1.54) is 42.2 Å². The Kier molecular flexibility index (Phi) is 6.59. The number of nitrogens with zero attached hydrogens (tertiary/aromatic N) is 2. The molecule has 1 N–H and O–H groups in total. The van der Waals surface area contributed by atoms with Crippen molar-refractivity contribution < 1.29 is 18.9 Å². The minimum absolute atomic E-state index is 0.0945. The number of non-ortho nitro benzene ring substituents is 1. The number of likely N-dealkylation sites (N-methyl/N-ethyl adjacent to an activating group) is 1. The fourth-order valence-corrected chi connectivity index (χ4v) is 2.58. The molecule has 0 saturated heterocycles. The average molecular weight is 373 g/mol. The van der Waals surface area contributed by atoms with Crippen LogP contribution in [0.25, 0.3) is 0 Å². The summed E-state index contributed by atoms with van der Waals surface area (Å²) in [7, 11) is 0. The van der Waals surface area contributed by atoms with Gasteiger partial charge in [0.05, 0.1) is 4.92 Å². The molecule has 1 atom stereocenters. The van der Waals surface area contributed by atoms with E-state index in [-0.39, 0.29) is 29.5 Å². The van der Waals surface area contributed by atoms with Crippen LogP contribution in [0.3, 0.4) is 0 Å². The zero-order valence-electron chi connectivity index (χ0n) is 15.0. The molecular weight excluding hydrogens is 353 g/mol. The van der Waals surface area contributed by atoms with Crippen LogP contribution in [-0.4, -0.2) is 34.2 Å². The largest absolute Gasteiger partial charge is 0.341 e. The summed E-state index contributed by atoms with van der Waals surface area (Å²) in [4.78, 5) is 36.6. The lowest BCUT2D eigenvalue weighted by atomic mass is 10.1. The molecule has 0 aliphatic rings. The predicted molar refractivity (Wildman–Crippen MR) is 97.5 cm³/mol. The van der Waals surface area contributed by atoms with Gasteiger partial charge >= 0.3 is 0 Å². The second kappa shape index (κ2) is 8.88. The van der Waals surface area contributed by atoms with Gasteiger partial charge in [0, 0.05) is 30.8 Å². The Hall–Kier alpha value is -3.29. The molecule has 0 unspecified atom stereocenters. The summed E-state index contributed by atoms with van der Waals surface area (Å²) in [5.41, 5.74) is 0.530. The summed E-state index contributed by atoms with van der Waals surface area (Å²) in [6.07, 6.45) is 0. The Balaban J connectivity index is 2.05. The van der Waals surface area contributed by atoms with E-state index in [0.717, 1.165) is 6.07 Å². The molecule has 7 nitrogen and oxygen atoms in total. The second-order valence-corrected chi connectivity index (χ2v) is 5.98. The van der Waals surface area contributed by atoms with E-state index in [1.54, 1.807) is 19.1 Å². The maximum Gasteiger partial charge on any atom is 0.270 e. The van der Waals surface area contributed by atoms with Gasteiger partial charge in [0.1, 0.15) is 11.9 Å². The van der Waals surface area contributed by atoms with Crippen LogP contribution in [0.15, 0.2) is 48.5 Å². The Bertz CT molecular complexity index is 856. The highest BCUT2D eigenvalue weighted by atomic mass is 19.1. The fourth-order valence-electron chi connectivity index (χ4n) is 2.58. The van der Waals surface area contributed by atoms with E-state index in [1.807, 2.05) is 0 Å². The highest BCUT2D eigenvalue weighted by Crippen LogP contribution is 2.13. The number of carbonyl (C=O) groups is 2. The molecule has 2 aromatic carbocycles. The van der Waals surface area contributed by atoms with Crippen LogP contribution in [0.5, 0.6) is 0 Å². The van der Waals surface area contributed by atoms with Gasteiger partial charge in [-0.05, 0) is 37.6 Å². The van der Waals surface area contributed by atoms with Gasteiger partial charge in [0.25, 0.3) is 11.6 Å². The van der Waals surface area contributed by atoms with Crippen molar-refractivity contribution in [3.8, 4) is 0 Å². The molecule has 0 fully saturated rings. The van der Waals surface area contributed by atoms with Gasteiger partial charge in [0.2, 0.25) is 5.91 Å². The summed E-state index contributed by atoms with van der Waals surface area (Å²) in [5.74, 6) is -1.30. The molecule has 2 aromatic rings. The van der Waals surface area contributed by atoms with Gasteiger partial charge < -0.3 is 10.2 Å². The first kappa shape index (κ1) is 20.0. The lowest BCUT2D eigenvalue weighted by Crippen LogP contribution is -2.46. The molecule has 2 rings (SSSR count). The summed E-state index contributed by atoms with van der Waals surface area (Å²) in [6, 6.07) is 10.4. The number of benzene rings is 2. The topological polar surface area (TPSA) is 92.6 Å². The van der Waals surface area contributed by atoms with Crippen molar-refractivity contribution in [1.82, 2.24) is 10.2 Å². The Morgan fingerprint density at radius 2 is 1.93 bits per heavy atom. The van der Waals surface area contributed by atoms with Crippen molar-refractivity contribution in [2.45, 2.75) is 26.4 Å². The Labute approximate surface area is 155 Å². The Morgan fingerprint density at radius 1 is 1.22 bits per heavy atom. The third-order valence-corrected chi connectivity index (χ3v) is 3.99. The molecule has 0 spiro atoms. The second-order valence-electron chi connectivity index (χ2n) is 5.98. The van der Waals surface area contributed by atoms with Gasteiger partial charge in [-0.3, -0.25) is 19.7 Å². The van der Waals surface area contributed by atoms with E-state index < -0.39 is 16.9 Å².